The molecule has 3 rings (SSSR count). The van der Waals surface area contributed by atoms with Gasteiger partial charge in [0.25, 0.3) is 0 Å². The van der Waals surface area contributed by atoms with E-state index in [1.165, 1.54) is 71.6 Å². The van der Waals surface area contributed by atoms with Crippen molar-refractivity contribution in [3.8, 4) is 6.07 Å². The number of ether oxygens (including phenoxy) is 1. The van der Waals surface area contributed by atoms with E-state index in [-0.39, 0.29) is 5.97 Å². The van der Waals surface area contributed by atoms with Crippen molar-refractivity contribution in [3.63, 3.8) is 0 Å². The number of nitriles is 1. The highest BCUT2D eigenvalue weighted by molar-refractivity contribution is 8.25. The minimum Gasteiger partial charge on any atom is -0.463 e. The molecule has 0 spiro atoms. The van der Waals surface area contributed by atoms with Crippen molar-refractivity contribution >= 4 is 29.5 Å². The standard InChI is InChI=1S/C17H28N2O2S2.C2H3N/c1-2-21-14(20)13-15-22-16(18-9-5-3-6-10-18)17(23-15)19-11-7-4-8-12-19;1-2-3/h13,16-17H,2-12H2,1H3;1H3. The van der Waals surface area contributed by atoms with Crippen molar-refractivity contribution in [2.24, 2.45) is 0 Å². The van der Waals surface area contributed by atoms with Crippen LogP contribution in [0.1, 0.15) is 52.4 Å². The van der Waals surface area contributed by atoms with E-state index in [1.807, 2.05) is 30.4 Å². The Balaban J connectivity index is 0.000000758. The molecule has 0 amide bonds. The van der Waals surface area contributed by atoms with Gasteiger partial charge in [0.15, 0.2) is 0 Å². The van der Waals surface area contributed by atoms with Crippen molar-refractivity contribution in [1.82, 2.24) is 9.80 Å². The van der Waals surface area contributed by atoms with E-state index in [0.717, 1.165) is 4.24 Å². The molecule has 0 saturated carbocycles. The van der Waals surface area contributed by atoms with E-state index in [9.17, 15) is 4.79 Å². The number of thioether (sulfide) groups is 2. The lowest BCUT2D eigenvalue weighted by Crippen LogP contribution is -2.49. The molecule has 0 N–H and O–H groups in total. The van der Waals surface area contributed by atoms with Crippen LogP contribution in [0.5, 0.6) is 0 Å². The van der Waals surface area contributed by atoms with Crippen LogP contribution in [0.15, 0.2) is 10.3 Å². The molecule has 0 radical (unpaired) electrons. The van der Waals surface area contributed by atoms with Crippen LogP contribution in [0.3, 0.4) is 0 Å². The quantitative estimate of drug-likeness (QED) is 0.524. The van der Waals surface area contributed by atoms with E-state index in [2.05, 4.69) is 9.80 Å². The lowest BCUT2D eigenvalue weighted by Gasteiger charge is -2.40. The molecule has 0 aromatic heterocycles. The van der Waals surface area contributed by atoms with Crippen LogP contribution in [-0.2, 0) is 9.53 Å². The van der Waals surface area contributed by atoms with Gasteiger partial charge in [0.1, 0.15) is 0 Å². The number of piperidine rings is 2. The molecule has 0 bridgehead atoms. The van der Waals surface area contributed by atoms with Gasteiger partial charge in [-0.1, -0.05) is 36.4 Å². The Morgan fingerprint density at radius 2 is 1.50 bits per heavy atom. The minimum atomic E-state index is -0.195. The molecule has 2 atom stereocenters. The SMILES string of the molecule is CC#N.CCOC(=O)C=C1SC(N2CCCCC2)C(N2CCCCC2)S1. The Hall–Kier alpha value is -0.680. The Morgan fingerprint density at radius 1 is 1.08 bits per heavy atom. The molecule has 3 heterocycles. The average Bonchev–Trinajstić information content (AvgIpc) is 3.08. The Bertz CT molecular complexity index is 481. The first kappa shape index (κ1) is 21.6. The predicted octanol–water partition coefficient (Wildman–Crippen LogP) is 4.02. The summed E-state index contributed by atoms with van der Waals surface area (Å²) in [6, 6.07) is 1.75. The number of nitrogens with zero attached hydrogens (tertiary/aromatic N) is 3. The maximum Gasteiger partial charge on any atom is 0.332 e. The number of carbonyl (C=O) groups is 1. The fraction of sp³-hybridized carbons (Fsp3) is 0.789. The van der Waals surface area contributed by atoms with Crippen molar-refractivity contribution < 1.29 is 9.53 Å². The number of carbonyl (C=O) groups excluding carboxylic acids is 1. The van der Waals surface area contributed by atoms with Crippen molar-refractivity contribution in [2.75, 3.05) is 32.8 Å². The summed E-state index contributed by atoms with van der Waals surface area (Å²) in [5.74, 6) is -0.195. The van der Waals surface area contributed by atoms with Crippen molar-refractivity contribution in [2.45, 2.75) is 63.1 Å². The number of hydrogen-bond acceptors (Lipinski definition) is 7. The molecular weight excluding hydrogens is 366 g/mol. The van der Waals surface area contributed by atoms with E-state index in [1.54, 1.807) is 12.1 Å². The molecule has 0 aromatic carbocycles. The van der Waals surface area contributed by atoms with E-state index >= 15 is 0 Å². The third kappa shape index (κ3) is 6.49. The van der Waals surface area contributed by atoms with Gasteiger partial charge in [0, 0.05) is 13.0 Å². The number of esters is 1. The van der Waals surface area contributed by atoms with Gasteiger partial charge in [-0.15, -0.1) is 0 Å². The fourth-order valence-corrected chi connectivity index (χ4v) is 6.83. The molecule has 3 aliphatic rings. The van der Waals surface area contributed by atoms with Crippen LogP contribution in [0.25, 0.3) is 0 Å². The topological polar surface area (TPSA) is 56.6 Å². The molecule has 0 aromatic rings. The predicted molar refractivity (Wildman–Crippen MR) is 110 cm³/mol. The summed E-state index contributed by atoms with van der Waals surface area (Å²) in [4.78, 5) is 17.1. The molecular formula is C19H31N3O2S2. The molecule has 146 valence electrons. The van der Waals surface area contributed by atoms with Crippen LogP contribution < -0.4 is 0 Å². The minimum absolute atomic E-state index is 0.195. The highest BCUT2D eigenvalue weighted by atomic mass is 32.2. The molecule has 7 heteroatoms. The first-order chi connectivity index (χ1) is 12.7. The molecule has 3 aliphatic heterocycles. The van der Waals surface area contributed by atoms with Gasteiger partial charge in [-0.05, 0) is 58.8 Å². The van der Waals surface area contributed by atoms with Gasteiger partial charge >= 0.3 is 5.97 Å². The average molecular weight is 398 g/mol. The summed E-state index contributed by atoms with van der Waals surface area (Å²) in [5.41, 5.74) is 0. The maximum atomic E-state index is 11.8. The number of rotatable bonds is 4. The Labute approximate surface area is 166 Å². The summed E-state index contributed by atoms with van der Waals surface area (Å²) in [6.45, 7) is 8.55. The Morgan fingerprint density at radius 3 is 1.88 bits per heavy atom. The molecule has 3 fully saturated rings. The van der Waals surface area contributed by atoms with Crippen LogP contribution in [-0.4, -0.2) is 59.3 Å². The van der Waals surface area contributed by atoms with E-state index in [0.29, 0.717) is 17.4 Å². The lowest BCUT2D eigenvalue weighted by molar-refractivity contribution is -0.137. The number of hydrogen-bond donors (Lipinski definition) is 0. The number of likely N-dealkylation sites (tertiary alicyclic amines) is 2. The van der Waals surface area contributed by atoms with Gasteiger partial charge in [-0.3, -0.25) is 9.80 Å². The summed E-state index contributed by atoms with van der Waals surface area (Å²) >= 11 is 3.76. The summed E-state index contributed by atoms with van der Waals surface area (Å²) in [5, 5.41) is 8.29. The third-order valence-corrected chi connectivity index (χ3v) is 7.79. The van der Waals surface area contributed by atoms with Crippen LogP contribution in [0.2, 0.25) is 0 Å². The zero-order valence-corrected chi connectivity index (χ0v) is 17.6. The summed E-state index contributed by atoms with van der Waals surface area (Å²) in [6.07, 6.45) is 9.68. The summed E-state index contributed by atoms with van der Waals surface area (Å²) < 4.78 is 6.23. The van der Waals surface area contributed by atoms with Crippen LogP contribution in [0, 0.1) is 11.3 Å². The first-order valence-corrected chi connectivity index (χ1v) is 11.5. The molecule has 2 unspecified atom stereocenters. The van der Waals surface area contributed by atoms with Gasteiger partial charge in [0.2, 0.25) is 0 Å². The smallest absolute Gasteiger partial charge is 0.332 e. The van der Waals surface area contributed by atoms with E-state index < -0.39 is 0 Å². The highest BCUT2D eigenvalue weighted by Crippen LogP contribution is 2.50. The summed E-state index contributed by atoms with van der Waals surface area (Å²) in [7, 11) is 0. The zero-order valence-electron chi connectivity index (χ0n) is 16.0. The second kappa shape index (κ2) is 11.9. The van der Waals surface area contributed by atoms with Crippen LogP contribution >= 0.6 is 23.5 Å². The van der Waals surface area contributed by atoms with Crippen molar-refractivity contribution in [1.29, 1.82) is 5.26 Å². The van der Waals surface area contributed by atoms with Gasteiger partial charge < -0.3 is 4.74 Å². The molecule has 3 saturated heterocycles. The zero-order chi connectivity index (χ0) is 18.8. The second-order valence-electron chi connectivity index (χ2n) is 6.65. The lowest BCUT2D eigenvalue weighted by atomic mass is 10.1. The van der Waals surface area contributed by atoms with E-state index in [4.69, 9.17) is 10.00 Å². The van der Waals surface area contributed by atoms with Gasteiger partial charge in [-0.2, -0.15) is 5.26 Å². The maximum absolute atomic E-state index is 11.8. The molecule has 0 aliphatic carbocycles. The third-order valence-electron chi connectivity index (χ3n) is 4.74. The fourth-order valence-electron chi connectivity index (χ4n) is 3.59. The van der Waals surface area contributed by atoms with Gasteiger partial charge in [0.05, 0.1) is 27.7 Å². The normalized spacial score (nSPS) is 27.2. The molecule has 5 nitrogen and oxygen atoms in total. The first-order valence-electron chi connectivity index (χ1n) is 9.70. The van der Waals surface area contributed by atoms with Crippen molar-refractivity contribution in [3.05, 3.63) is 10.3 Å². The van der Waals surface area contributed by atoms with Gasteiger partial charge in [-0.25, -0.2) is 4.79 Å². The monoisotopic (exact) mass is 397 g/mol. The second-order valence-corrected chi connectivity index (χ2v) is 9.22. The largest absolute Gasteiger partial charge is 0.463 e. The Kier molecular flexibility index (Phi) is 9.91. The van der Waals surface area contributed by atoms with Crippen LogP contribution in [0.4, 0.5) is 0 Å². The molecule has 26 heavy (non-hydrogen) atoms. The highest BCUT2D eigenvalue weighted by Gasteiger charge is 2.40.